The van der Waals surface area contributed by atoms with Gasteiger partial charge in [-0.05, 0) is 43.2 Å². The van der Waals surface area contributed by atoms with Gasteiger partial charge in [-0.25, -0.2) is 4.98 Å². The second-order valence-electron chi connectivity index (χ2n) is 6.47. The maximum absolute atomic E-state index is 12.1. The van der Waals surface area contributed by atoms with Gasteiger partial charge in [-0.2, -0.15) is 0 Å². The molecule has 0 atom stereocenters. The van der Waals surface area contributed by atoms with Crippen molar-refractivity contribution < 1.29 is 13.9 Å². The van der Waals surface area contributed by atoms with Gasteiger partial charge in [0.2, 0.25) is 5.89 Å². The van der Waals surface area contributed by atoms with Crippen LogP contribution in [0.1, 0.15) is 17.5 Å². The van der Waals surface area contributed by atoms with Gasteiger partial charge in [0.15, 0.2) is 5.58 Å². The molecule has 0 aliphatic rings. The van der Waals surface area contributed by atoms with Crippen molar-refractivity contribution in [2.45, 2.75) is 19.8 Å². The first kappa shape index (κ1) is 17.0. The monoisotopic (exact) mass is 357 g/mol. The van der Waals surface area contributed by atoms with E-state index < -0.39 is 0 Å². The molecule has 0 fully saturated rings. The highest BCUT2D eigenvalue weighted by molar-refractivity contribution is 5.79. The zero-order valence-corrected chi connectivity index (χ0v) is 15.0. The van der Waals surface area contributed by atoms with Crippen LogP contribution in [0.25, 0.3) is 22.6 Å². The summed E-state index contributed by atoms with van der Waals surface area (Å²) >= 11 is 0. The number of aryl methyl sites for hydroxylation is 2. The molecule has 4 nitrogen and oxygen atoms in total. The quantitative estimate of drug-likeness (QED) is 0.357. The van der Waals surface area contributed by atoms with Crippen LogP contribution in [0.2, 0.25) is 0 Å². The molecule has 0 saturated carbocycles. The molecule has 0 radical (unpaired) electrons. The first-order valence-corrected chi connectivity index (χ1v) is 8.90. The van der Waals surface area contributed by atoms with Crippen molar-refractivity contribution in [3.05, 3.63) is 83.9 Å². The average molecular weight is 357 g/mol. The Labute approximate surface area is 157 Å². The number of carbonyl (C=O) groups excluding carboxylic acids is 1. The summed E-state index contributed by atoms with van der Waals surface area (Å²) in [6, 6.07) is 23.1. The van der Waals surface area contributed by atoms with Crippen LogP contribution in [0.15, 0.2) is 77.2 Å². The summed E-state index contributed by atoms with van der Waals surface area (Å²) in [5, 5.41) is 0. The summed E-state index contributed by atoms with van der Waals surface area (Å²) in [5.74, 6) is 0.748. The minimum Gasteiger partial charge on any atom is -0.436 e. The minimum absolute atomic E-state index is 0.266. The zero-order chi connectivity index (χ0) is 18.6. The van der Waals surface area contributed by atoms with E-state index in [-0.39, 0.29) is 5.97 Å². The van der Waals surface area contributed by atoms with E-state index in [1.807, 2.05) is 61.5 Å². The van der Waals surface area contributed by atoms with Crippen LogP contribution in [-0.4, -0.2) is 11.0 Å². The number of fused-ring (bicyclic) bond motifs is 1. The molecule has 1 heterocycles. The Hall–Kier alpha value is -3.40. The molecule has 1 aromatic heterocycles. The van der Waals surface area contributed by atoms with Gasteiger partial charge in [-0.3, -0.25) is 4.79 Å². The fourth-order valence-electron chi connectivity index (χ4n) is 2.86. The standard InChI is InChI=1S/C23H19NO3/c1-16-7-9-17(10-8-16)11-14-22(25)26-19-12-13-20-21(15-19)27-23(24-20)18-5-3-2-4-6-18/h2-10,12-13,15H,11,14H2,1H3. The van der Waals surface area contributed by atoms with Gasteiger partial charge >= 0.3 is 5.97 Å². The molecule has 0 bridgehead atoms. The van der Waals surface area contributed by atoms with E-state index in [1.165, 1.54) is 5.56 Å². The Kier molecular flexibility index (Phi) is 4.71. The zero-order valence-electron chi connectivity index (χ0n) is 15.0. The number of rotatable bonds is 5. The van der Waals surface area contributed by atoms with Crippen LogP contribution >= 0.6 is 0 Å². The van der Waals surface area contributed by atoms with Gasteiger partial charge in [-0.15, -0.1) is 0 Å². The number of hydrogen-bond acceptors (Lipinski definition) is 4. The minimum atomic E-state index is -0.266. The van der Waals surface area contributed by atoms with Gasteiger partial charge in [-0.1, -0.05) is 48.0 Å². The predicted molar refractivity (Wildman–Crippen MR) is 105 cm³/mol. The maximum Gasteiger partial charge on any atom is 0.311 e. The van der Waals surface area contributed by atoms with Crippen molar-refractivity contribution >= 4 is 17.1 Å². The normalized spacial score (nSPS) is 10.9. The van der Waals surface area contributed by atoms with Crippen LogP contribution in [0, 0.1) is 6.92 Å². The second-order valence-corrected chi connectivity index (χ2v) is 6.47. The summed E-state index contributed by atoms with van der Waals surface area (Å²) in [5.41, 5.74) is 4.56. The van der Waals surface area contributed by atoms with Crippen molar-refractivity contribution in [2.24, 2.45) is 0 Å². The lowest BCUT2D eigenvalue weighted by Crippen LogP contribution is -2.08. The lowest BCUT2D eigenvalue weighted by Gasteiger charge is -2.04. The van der Waals surface area contributed by atoms with Crippen molar-refractivity contribution in [1.29, 1.82) is 0 Å². The molecule has 0 spiro atoms. The van der Waals surface area contributed by atoms with Crippen molar-refractivity contribution in [1.82, 2.24) is 4.98 Å². The smallest absolute Gasteiger partial charge is 0.311 e. The Morgan fingerprint density at radius 1 is 1.00 bits per heavy atom. The van der Waals surface area contributed by atoms with Crippen molar-refractivity contribution in [3.63, 3.8) is 0 Å². The molecule has 0 saturated heterocycles. The van der Waals surface area contributed by atoms with E-state index in [9.17, 15) is 4.79 Å². The lowest BCUT2D eigenvalue weighted by atomic mass is 10.1. The van der Waals surface area contributed by atoms with E-state index in [4.69, 9.17) is 9.15 Å². The summed E-state index contributed by atoms with van der Waals surface area (Å²) in [6.45, 7) is 2.04. The predicted octanol–water partition coefficient (Wildman–Crippen LogP) is 5.34. The van der Waals surface area contributed by atoms with E-state index in [0.717, 1.165) is 16.6 Å². The fraction of sp³-hybridized carbons (Fsp3) is 0.130. The fourth-order valence-corrected chi connectivity index (χ4v) is 2.86. The molecule has 0 aliphatic heterocycles. The SMILES string of the molecule is Cc1ccc(CCC(=O)Oc2ccc3nc(-c4ccccc4)oc3c2)cc1. The third kappa shape index (κ3) is 4.06. The van der Waals surface area contributed by atoms with Gasteiger partial charge < -0.3 is 9.15 Å². The third-order valence-corrected chi connectivity index (χ3v) is 4.35. The molecular weight excluding hydrogens is 338 g/mol. The van der Waals surface area contributed by atoms with Gasteiger partial charge in [0.1, 0.15) is 11.3 Å². The van der Waals surface area contributed by atoms with Crippen LogP contribution in [0.5, 0.6) is 5.75 Å². The number of esters is 1. The van der Waals surface area contributed by atoms with Crippen molar-refractivity contribution in [2.75, 3.05) is 0 Å². The van der Waals surface area contributed by atoms with Crippen LogP contribution in [0.3, 0.4) is 0 Å². The number of oxazole rings is 1. The second kappa shape index (κ2) is 7.46. The molecular formula is C23H19NO3. The number of nitrogens with zero attached hydrogens (tertiary/aromatic N) is 1. The molecule has 134 valence electrons. The summed E-state index contributed by atoms with van der Waals surface area (Å²) < 4.78 is 11.3. The highest BCUT2D eigenvalue weighted by Gasteiger charge is 2.11. The molecule has 0 N–H and O–H groups in total. The first-order chi connectivity index (χ1) is 13.2. The molecule has 4 heteroatoms. The molecule has 0 aliphatic carbocycles. The summed E-state index contributed by atoms with van der Waals surface area (Å²) in [4.78, 5) is 16.6. The number of carbonyl (C=O) groups is 1. The van der Waals surface area contributed by atoms with Crippen LogP contribution in [0.4, 0.5) is 0 Å². The number of ether oxygens (including phenoxy) is 1. The number of hydrogen-bond donors (Lipinski definition) is 0. The van der Waals surface area contributed by atoms with Gasteiger partial charge in [0.05, 0.1) is 0 Å². The van der Waals surface area contributed by atoms with Gasteiger partial charge in [0.25, 0.3) is 0 Å². The lowest BCUT2D eigenvalue weighted by molar-refractivity contribution is -0.134. The highest BCUT2D eigenvalue weighted by atomic mass is 16.5. The van der Waals surface area contributed by atoms with E-state index in [0.29, 0.717) is 30.1 Å². The third-order valence-electron chi connectivity index (χ3n) is 4.35. The Morgan fingerprint density at radius 2 is 1.78 bits per heavy atom. The highest BCUT2D eigenvalue weighted by Crippen LogP contribution is 2.27. The molecule has 27 heavy (non-hydrogen) atoms. The van der Waals surface area contributed by atoms with Crippen molar-refractivity contribution in [3.8, 4) is 17.2 Å². The average Bonchev–Trinajstić information content (AvgIpc) is 3.12. The molecule has 0 unspecified atom stereocenters. The van der Waals surface area contributed by atoms with E-state index in [2.05, 4.69) is 4.98 Å². The Balaban J connectivity index is 1.44. The summed E-state index contributed by atoms with van der Waals surface area (Å²) in [7, 11) is 0. The Bertz CT molecular complexity index is 1070. The first-order valence-electron chi connectivity index (χ1n) is 8.90. The van der Waals surface area contributed by atoms with E-state index in [1.54, 1.807) is 18.2 Å². The topological polar surface area (TPSA) is 52.3 Å². The Morgan fingerprint density at radius 3 is 2.56 bits per heavy atom. The summed E-state index contributed by atoms with van der Waals surface area (Å²) in [6.07, 6.45) is 0.981. The largest absolute Gasteiger partial charge is 0.436 e. The maximum atomic E-state index is 12.1. The molecule has 3 aromatic carbocycles. The van der Waals surface area contributed by atoms with Gasteiger partial charge in [0, 0.05) is 18.1 Å². The van der Waals surface area contributed by atoms with E-state index >= 15 is 0 Å². The molecule has 0 amide bonds. The number of aromatic nitrogens is 1. The molecule has 4 rings (SSSR count). The number of benzene rings is 3. The van der Waals surface area contributed by atoms with Crippen LogP contribution in [-0.2, 0) is 11.2 Å². The molecule has 4 aromatic rings. The van der Waals surface area contributed by atoms with Crippen LogP contribution < -0.4 is 4.74 Å².